The first-order valence-electron chi connectivity index (χ1n) is 8.87. The number of benzene rings is 2. The summed E-state index contributed by atoms with van der Waals surface area (Å²) in [6.07, 6.45) is 3.09. The Bertz CT molecular complexity index is 814. The van der Waals surface area contributed by atoms with Crippen molar-refractivity contribution in [1.29, 1.82) is 0 Å². The van der Waals surface area contributed by atoms with E-state index in [0.29, 0.717) is 25.1 Å². The Hall–Kier alpha value is -2.87. The Kier molecular flexibility index (Phi) is 8.48. The average Bonchev–Trinajstić information content (AvgIpc) is 2.71. The minimum Gasteiger partial charge on any atom is -0.354 e. The molecule has 0 saturated carbocycles. The van der Waals surface area contributed by atoms with Crippen molar-refractivity contribution in [2.24, 2.45) is 0 Å². The number of nitrogens with zero attached hydrogens (tertiary/aromatic N) is 1. The highest BCUT2D eigenvalue weighted by atomic mass is 32.2. The maximum absolute atomic E-state index is 12.5. The lowest BCUT2D eigenvalue weighted by atomic mass is 10.1. The number of rotatable bonds is 10. The van der Waals surface area contributed by atoms with Crippen molar-refractivity contribution in [2.75, 3.05) is 18.6 Å². The molecule has 0 bridgehead atoms. The molecule has 0 aliphatic carbocycles. The van der Waals surface area contributed by atoms with Crippen molar-refractivity contribution in [3.63, 3.8) is 0 Å². The smallest absolute Gasteiger partial charge is 0.270 e. The largest absolute Gasteiger partial charge is 0.354 e. The zero-order valence-corrected chi connectivity index (χ0v) is 16.4. The molecule has 0 spiro atoms. The van der Waals surface area contributed by atoms with E-state index in [0.717, 1.165) is 5.56 Å². The molecule has 0 aromatic heterocycles. The van der Waals surface area contributed by atoms with Crippen molar-refractivity contribution in [1.82, 2.24) is 10.6 Å². The molecule has 2 aromatic rings. The maximum atomic E-state index is 12.5. The van der Waals surface area contributed by atoms with Crippen LogP contribution in [0.15, 0.2) is 54.6 Å². The minimum atomic E-state index is -0.699. The number of non-ortho nitro benzene ring substituents is 1. The minimum absolute atomic E-state index is 0.153. The molecule has 0 aliphatic rings. The van der Waals surface area contributed by atoms with Gasteiger partial charge >= 0.3 is 0 Å². The number of hydrogen-bond donors (Lipinski definition) is 2. The molecule has 8 heteroatoms. The van der Waals surface area contributed by atoms with Gasteiger partial charge in [-0.2, -0.15) is 11.8 Å². The first kappa shape index (κ1) is 21.4. The van der Waals surface area contributed by atoms with Crippen molar-refractivity contribution >= 4 is 29.3 Å². The molecule has 2 rings (SSSR count). The Labute approximate surface area is 168 Å². The van der Waals surface area contributed by atoms with Gasteiger partial charge in [0.05, 0.1) is 4.92 Å². The molecule has 2 aromatic carbocycles. The van der Waals surface area contributed by atoms with Gasteiger partial charge in [0.15, 0.2) is 0 Å². The normalized spacial score (nSPS) is 11.5. The van der Waals surface area contributed by atoms with Crippen LogP contribution in [0.4, 0.5) is 5.69 Å². The third-order valence-corrected chi connectivity index (χ3v) is 4.75. The van der Waals surface area contributed by atoms with E-state index in [9.17, 15) is 19.7 Å². The molecule has 28 heavy (non-hydrogen) atoms. The molecule has 0 saturated heterocycles. The molecule has 0 radical (unpaired) electrons. The first-order chi connectivity index (χ1) is 13.5. The molecule has 1 unspecified atom stereocenters. The molecule has 0 heterocycles. The van der Waals surface area contributed by atoms with Crippen LogP contribution in [-0.2, 0) is 11.2 Å². The topological polar surface area (TPSA) is 101 Å². The van der Waals surface area contributed by atoms with Gasteiger partial charge in [0.2, 0.25) is 5.91 Å². The molecule has 148 valence electrons. The lowest BCUT2D eigenvalue weighted by Crippen LogP contribution is -2.47. The summed E-state index contributed by atoms with van der Waals surface area (Å²) in [5.41, 5.74) is 1.10. The van der Waals surface area contributed by atoms with E-state index in [4.69, 9.17) is 0 Å². The fourth-order valence-electron chi connectivity index (χ4n) is 2.60. The number of carbonyl (C=O) groups excluding carboxylic acids is 2. The molecule has 0 fully saturated rings. The number of carbonyl (C=O) groups is 2. The second kappa shape index (κ2) is 11.1. The molecular weight excluding hydrogens is 378 g/mol. The number of thioether (sulfide) groups is 1. The van der Waals surface area contributed by atoms with Crippen molar-refractivity contribution < 1.29 is 14.5 Å². The first-order valence-corrected chi connectivity index (χ1v) is 10.3. The summed E-state index contributed by atoms with van der Waals surface area (Å²) in [6.45, 7) is 0.464. The summed E-state index contributed by atoms with van der Waals surface area (Å²) in [4.78, 5) is 35.3. The highest BCUT2D eigenvalue weighted by molar-refractivity contribution is 7.98. The zero-order valence-electron chi connectivity index (χ0n) is 15.6. The standard InChI is InChI=1S/C20H23N3O4S/c1-28-13-11-18(20(25)21-12-10-15-6-3-2-4-7-15)22-19(24)16-8-5-9-17(14-16)23(26)27/h2-9,14,18H,10-13H2,1H3,(H,21,25)(H,22,24). The van der Waals surface area contributed by atoms with Gasteiger partial charge in [-0.25, -0.2) is 0 Å². The van der Waals surface area contributed by atoms with E-state index in [-0.39, 0.29) is 17.2 Å². The lowest BCUT2D eigenvalue weighted by Gasteiger charge is -2.18. The van der Waals surface area contributed by atoms with E-state index in [1.165, 1.54) is 24.3 Å². The second-order valence-corrected chi connectivity index (χ2v) is 7.13. The van der Waals surface area contributed by atoms with E-state index < -0.39 is 16.9 Å². The van der Waals surface area contributed by atoms with Gasteiger partial charge in [-0.3, -0.25) is 19.7 Å². The maximum Gasteiger partial charge on any atom is 0.270 e. The molecular formula is C20H23N3O4S. The Morgan fingerprint density at radius 1 is 1.14 bits per heavy atom. The summed E-state index contributed by atoms with van der Waals surface area (Å²) < 4.78 is 0. The predicted octanol–water partition coefficient (Wildman–Crippen LogP) is 2.81. The van der Waals surface area contributed by atoms with E-state index in [2.05, 4.69) is 10.6 Å². The molecule has 0 aliphatic heterocycles. The quantitative estimate of drug-likeness (QED) is 0.471. The van der Waals surface area contributed by atoms with Gasteiger partial charge in [-0.15, -0.1) is 0 Å². The van der Waals surface area contributed by atoms with Crippen LogP contribution in [0.1, 0.15) is 22.3 Å². The lowest BCUT2D eigenvalue weighted by molar-refractivity contribution is -0.384. The van der Waals surface area contributed by atoms with Gasteiger partial charge in [0.1, 0.15) is 6.04 Å². The summed E-state index contributed by atoms with van der Waals surface area (Å²) in [5, 5.41) is 16.4. The van der Waals surface area contributed by atoms with E-state index >= 15 is 0 Å². The second-order valence-electron chi connectivity index (χ2n) is 6.14. The Morgan fingerprint density at radius 2 is 1.89 bits per heavy atom. The molecule has 2 N–H and O–H groups in total. The van der Waals surface area contributed by atoms with Crippen molar-refractivity contribution in [2.45, 2.75) is 18.9 Å². The van der Waals surface area contributed by atoms with Crippen molar-refractivity contribution in [3.8, 4) is 0 Å². The van der Waals surface area contributed by atoms with Crippen LogP contribution in [-0.4, -0.2) is 41.3 Å². The van der Waals surface area contributed by atoms with Gasteiger partial charge < -0.3 is 10.6 Å². The van der Waals surface area contributed by atoms with E-state index in [1.807, 2.05) is 36.6 Å². The van der Waals surface area contributed by atoms with Gasteiger partial charge in [0, 0.05) is 24.2 Å². The number of hydrogen-bond acceptors (Lipinski definition) is 5. The Morgan fingerprint density at radius 3 is 2.57 bits per heavy atom. The van der Waals surface area contributed by atoms with Crippen LogP contribution >= 0.6 is 11.8 Å². The van der Waals surface area contributed by atoms with Crippen LogP contribution in [0.2, 0.25) is 0 Å². The highest BCUT2D eigenvalue weighted by Crippen LogP contribution is 2.13. The number of amides is 2. The van der Waals surface area contributed by atoms with Crippen LogP contribution in [0.3, 0.4) is 0 Å². The van der Waals surface area contributed by atoms with Crippen LogP contribution in [0, 0.1) is 10.1 Å². The van der Waals surface area contributed by atoms with Crippen LogP contribution < -0.4 is 10.6 Å². The van der Waals surface area contributed by atoms with Crippen LogP contribution in [0.25, 0.3) is 0 Å². The summed E-state index contributed by atoms with van der Waals surface area (Å²) >= 11 is 1.58. The van der Waals surface area contributed by atoms with Crippen molar-refractivity contribution in [3.05, 3.63) is 75.8 Å². The fourth-order valence-corrected chi connectivity index (χ4v) is 3.08. The third-order valence-electron chi connectivity index (χ3n) is 4.11. The van der Waals surface area contributed by atoms with Gasteiger partial charge in [-0.1, -0.05) is 36.4 Å². The Balaban J connectivity index is 1.97. The zero-order chi connectivity index (χ0) is 20.4. The van der Waals surface area contributed by atoms with Crippen LogP contribution in [0.5, 0.6) is 0 Å². The fraction of sp³-hybridized carbons (Fsp3) is 0.300. The summed E-state index contributed by atoms with van der Waals surface area (Å²) in [6, 6.07) is 14.6. The average molecular weight is 401 g/mol. The molecule has 1 atom stereocenters. The third kappa shape index (κ3) is 6.70. The monoisotopic (exact) mass is 401 g/mol. The number of nitro groups is 1. The van der Waals surface area contributed by atoms with Gasteiger partial charge in [-0.05, 0) is 36.5 Å². The summed E-state index contributed by atoms with van der Waals surface area (Å²) in [5.74, 6) is -0.0665. The van der Waals surface area contributed by atoms with Gasteiger partial charge in [0.25, 0.3) is 11.6 Å². The number of nitro benzene ring substituents is 1. The molecule has 2 amide bonds. The highest BCUT2D eigenvalue weighted by Gasteiger charge is 2.21. The number of nitrogens with one attached hydrogen (secondary N) is 2. The SMILES string of the molecule is CSCCC(NC(=O)c1cccc([N+](=O)[O-])c1)C(=O)NCCc1ccccc1. The summed E-state index contributed by atoms with van der Waals surface area (Å²) in [7, 11) is 0. The molecule has 7 nitrogen and oxygen atoms in total. The predicted molar refractivity (Wildman–Crippen MR) is 111 cm³/mol. The van der Waals surface area contributed by atoms with E-state index in [1.54, 1.807) is 11.8 Å².